The molecule has 0 atom stereocenters. The summed E-state index contributed by atoms with van der Waals surface area (Å²) in [5.74, 6) is -1.63. The van der Waals surface area contributed by atoms with Crippen molar-refractivity contribution in [2.45, 2.75) is 18.7 Å². The van der Waals surface area contributed by atoms with E-state index >= 15 is 0 Å². The Kier molecular flexibility index (Phi) is 5.41. The second kappa shape index (κ2) is 6.65. The van der Waals surface area contributed by atoms with E-state index in [-0.39, 0.29) is 22.9 Å². The standard InChI is InChI=1S/C13H16FN3O3S/c1-9(2)7-17(8-13(16)18)21(19,20)11-3-4-12(14)10(5-11)6-15/h3-5,9H,7-8H2,1-2H3,(H2,16,18). The maximum atomic E-state index is 13.3. The highest BCUT2D eigenvalue weighted by Gasteiger charge is 2.27. The normalized spacial score (nSPS) is 11.6. The van der Waals surface area contributed by atoms with E-state index in [9.17, 15) is 17.6 Å². The molecule has 0 heterocycles. The molecule has 6 nitrogen and oxygen atoms in total. The molecule has 1 amide bonds. The first kappa shape index (κ1) is 17.1. The topological polar surface area (TPSA) is 104 Å². The molecule has 0 aliphatic carbocycles. The SMILES string of the molecule is CC(C)CN(CC(N)=O)S(=O)(=O)c1ccc(F)c(C#N)c1. The van der Waals surface area contributed by atoms with Gasteiger partial charge in [0.25, 0.3) is 0 Å². The number of hydrogen-bond donors (Lipinski definition) is 1. The average molecular weight is 313 g/mol. The molecule has 0 fully saturated rings. The Balaban J connectivity index is 3.28. The number of primary amides is 1. The van der Waals surface area contributed by atoms with E-state index in [0.717, 1.165) is 22.5 Å². The Hall–Kier alpha value is -1.98. The molecular weight excluding hydrogens is 297 g/mol. The highest BCUT2D eigenvalue weighted by Crippen LogP contribution is 2.19. The first-order valence-electron chi connectivity index (χ1n) is 6.16. The Morgan fingerprint density at radius 3 is 2.57 bits per heavy atom. The summed E-state index contributed by atoms with van der Waals surface area (Å²) < 4.78 is 39.1. The lowest BCUT2D eigenvalue weighted by Gasteiger charge is -2.22. The number of halogens is 1. The molecule has 0 radical (unpaired) electrons. The predicted octanol–water partition coefficient (Wildman–Crippen LogP) is 0.829. The fourth-order valence-electron chi connectivity index (χ4n) is 1.73. The van der Waals surface area contributed by atoms with Crippen molar-refractivity contribution >= 4 is 15.9 Å². The Morgan fingerprint density at radius 1 is 1.48 bits per heavy atom. The summed E-state index contributed by atoms with van der Waals surface area (Å²) in [5.41, 5.74) is 4.69. The number of benzene rings is 1. The Bertz CT molecular complexity index is 680. The highest BCUT2D eigenvalue weighted by molar-refractivity contribution is 7.89. The van der Waals surface area contributed by atoms with Gasteiger partial charge in [-0.1, -0.05) is 13.8 Å². The van der Waals surface area contributed by atoms with Gasteiger partial charge in [0, 0.05) is 6.54 Å². The van der Waals surface area contributed by atoms with Gasteiger partial charge in [-0.25, -0.2) is 12.8 Å². The second-order valence-corrected chi connectivity index (χ2v) is 6.85. The maximum Gasteiger partial charge on any atom is 0.243 e. The van der Waals surface area contributed by atoms with Crippen LogP contribution in [-0.2, 0) is 14.8 Å². The van der Waals surface area contributed by atoms with Crippen molar-refractivity contribution in [3.63, 3.8) is 0 Å². The predicted molar refractivity (Wildman–Crippen MR) is 73.9 cm³/mol. The van der Waals surface area contributed by atoms with Crippen LogP contribution in [0.4, 0.5) is 4.39 Å². The summed E-state index contributed by atoms with van der Waals surface area (Å²) >= 11 is 0. The summed E-state index contributed by atoms with van der Waals surface area (Å²) in [4.78, 5) is 10.8. The molecule has 0 bridgehead atoms. The summed E-state index contributed by atoms with van der Waals surface area (Å²) in [6, 6.07) is 4.48. The average Bonchev–Trinajstić information content (AvgIpc) is 2.37. The quantitative estimate of drug-likeness (QED) is 0.839. The van der Waals surface area contributed by atoms with Gasteiger partial charge in [-0.15, -0.1) is 0 Å². The van der Waals surface area contributed by atoms with Crippen LogP contribution in [0.15, 0.2) is 23.1 Å². The third kappa shape index (κ3) is 4.24. The van der Waals surface area contributed by atoms with Crippen LogP contribution in [0.3, 0.4) is 0 Å². The summed E-state index contributed by atoms with van der Waals surface area (Å²) in [7, 11) is -4.03. The second-order valence-electron chi connectivity index (χ2n) is 4.91. The molecule has 1 rings (SSSR count). The number of sulfonamides is 1. The molecule has 1 aromatic carbocycles. The summed E-state index contributed by atoms with van der Waals surface area (Å²) in [6.45, 7) is 3.19. The van der Waals surface area contributed by atoms with Gasteiger partial charge >= 0.3 is 0 Å². The minimum absolute atomic E-state index is 0.0324. The molecule has 0 saturated carbocycles. The van der Waals surface area contributed by atoms with Crippen LogP contribution in [0.1, 0.15) is 19.4 Å². The molecule has 114 valence electrons. The number of carbonyl (C=O) groups is 1. The number of carbonyl (C=O) groups excluding carboxylic acids is 1. The van der Waals surface area contributed by atoms with Crippen LogP contribution in [0, 0.1) is 23.1 Å². The largest absolute Gasteiger partial charge is 0.369 e. The summed E-state index contributed by atoms with van der Waals surface area (Å²) in [5, 5.41) is 8.77. The van der Waals surface area contributed by atoms with Crippen molar-refractivity contribution in [1.29, 1.82) is 5.26 Å². The van der Waals surface area contributed by atoms with Crippen molar-refractivity contribution in [1.82, 2.24) is 4.31 Å². The van der Waals surface area contributed by atoms with Gasteiger partial charge in [-0.05, 0) is 24.1 Å². The third-order valence-corrected chi connectivity index (χ3v) is 4.40. The van der Waals surface area contributed by atoms with Crippen LogP contribution in [0.2, 0.25) is 0 Å². The van der Waals surface area contributed by atoms with Crippen molar-refractivity contribution < 1.29 is 17.6 Å². The minimum atomic E-state index is -4.03. The monoisotopic (exact) mass is 313 g/mol. The van der Waals surface area contributed by atoms with Crippen molar-refractivity contribution in [2.75, 3.05) is 13.1 Å². The highest BCUT2D eigenvalue weighted by atomic mass is 32.2. The summed E-state index contributed by atoms with van der Waals surface area (Å²) in [6.07, 6.45) is 0. The van der Waals surface area contributed by atoms with Crippen molar-refractivity contribution in [2.24, 2.45) is 11.7 Å². The van der Waals surface area contributed by atoms with Crippen molar-refractivity contribution in [3.05, 3.63) is 29.6 Å². The van der Waals surface area contributed by atoms with E-state index in [2.05, 4.69) is 0 Å². The molecular formula is C13H16FN3O3S. The number of nitrogens with two attached hydrogens (primary N) is 1. The zero-order chi connectivity index (χ0) is 16.2. The van der Waals surface area contributed by atoms with Gasteiger partial charge in [0.2, 0.25) is 15.9 Å². The number of nitrogens with zero attached hydrogens (tertiary/aromatic N) is 2. The van der Waals surface area contributed by atoms with Crippen LogP contribution in [-0.4, -0.2) is 31.7 Å². The first-order valence-corrected chi connectivity index (χ1v) is 7.60. The first-order chi connectivity index (χ1) is 9.68. The molecule has 21 heavy (non-hydrogen) atoms. The molecule has 0 saturated heterocycles. The van der Waals surface area contributed by atoms with Gasteiger partial charge in [-0.2, -0.15) is 9.57 Å². The number of rotatable bonds is 6. The molecule has 1 aromatic rings. The third-order valence-electron chi connectivity index (χ3n) is 2.60. The van der Waals surface area contributed by atoms with Gasteiger partial charge in [0.1, 0.15) is 11.9 Å². The number of amides is 1. The van der Waals surface area contributed by atoms with Gasteiger partial charge in [0.15, 0.2) is 0 Å². The lowest BCUT2D eigenvalue weighted by Crippen LogP contribution is -2.40. The molecule has 0 aliphatic rings. The Morgan fingerprint density at radius 2 is 2.10 bits per heavy atom. The zero-order valence-corrected chi connectivity index (χ0v) is 12.5. The van der Waals surface area contributed by atoms with Gasteiger partial charge < -0.3 is 5.73 Å². The molecule has 0 spiro atoms. The van der Waals surface area contributed by atoms with E-state index in [4.69, 9.17) is 11.0 Å². The van der Waals surface area contributed by atoms with E-state index in [1.165, 1.54) is 0 Å². The maximum absolute atomic E-state index is 13.3. The fraction of sp³-hybridized carbons (Fsp3) is 0.385. The smallest absolute Gasteiger partial charge is 0.243 e. The van der Waals surface area contributed by atoms with Gasteiger partial charge in [0.05, 0.1) is 17.0 Å². The molecule has 0 aromatic heterocycles. The lowest BCUT2D eigenvalue weighted by atomic mass is 10.2. The van der Waals surface area contributed by atoms with E-state index in [0.29, 0.717) is 0 Å². The van der Waals surface area contributed by atoms with Crippen LogP contribution >= 0.6 is 0 Å². The number of nitriles is 1. The zero-order valence-electron chi connectivity index (χ0n) is 11.7. The lowest BCUT2D eigenvalue weighted by molar-refractivity contribution is -0.118. The minimum Gasteiger partial charge on any atom is -0.369 e. The van der Waals surface area contributed by atoms with E-state index in [1.807, 2.05) is 0 Å². The van der Waals surface area contributed by atoms with Crippen LogP contribution in [0.25, 0.3) is 0 Å². The van der Waals surface area contributed by atoms with Gasteiger partial charge in [-0.3, -0.25) is 4.79 Å². The van der Waals surface area contributed by atoms with E-state index in [1.54, 1.807) is 19.9 Å². The molecule has 8 heteroatoms. The fourth-order valence-corrected chi connectivity index (χ4v) is 3.32. The Labute approximate surface area is 123 Å². The molecule has 2 N–H and O–H groups in total. The van der Waals surface area contributed by atoms with Crippen LogP contribution in [0.5, 0.6) is 0 Å². The van der Waals surface area contributed by atoms with E-state index < -0.39 is 28.3 Å². The molecule has 0 unspecified atom stereocenters. The number of hydrogen-bond acceptors (Lipinski definition) is 4. The van der Waals surface area contributed by atoms with Crippen LogP contribution < -0.4 is 5.73 Å². The van der Waals surface area contributed by atoms with Crippen molar-refractivity contribution in [3.8, 4) is 6.07 Å². The molecule has 0 aliphatic heterocycles.